The highest BCUT2D eigenvalue weighted by molar-refractivity contribution is 6.12. The Bertz CT molecular complexity index is 2150. The summed E-state index contributed by atoms with van der Waals surface area (Å²) in [6, 6.07) is 31.0. The second-order valence-corrected chi connectivity index (χ2v) is 11.1. The molecule has 0 saturated heterocycles. The molecule has 2 heterocycles. The van der Waals surface area contributed by atoms with E-state index in [1.807, 2.05) is 12.2 Å². The molecule has 4 aromatic carbocycles. The summed E-state index contributed by atoms with van der Waals surface area (Å²) in [5, 5.41) is 2.43. The van der Waals surface area contributed by atoms with Gasteiger partial charge in [0.15, 0.2) is 0 Å². The fourth-order valence-electron chi connectivity index (χ4n) is 6.25. The first-order chi connectivity index (χ1) is 21.7. The molecule has 0 unspecified atom stereocenters. The first-order valence-corrected chi connectivity index (χ1v) is 15.2. The van der Waals surface area contributed by atoms with E-state index < -0.39 is 0 Å². The van der Waals surface area contributed by atoms with Crippen molar-refractivity contribution in [2.75, 3.05) is 4.90 Å². The topological polar surface area (TPSA) is 8.17 Å². The number of nitrogens with zero attached hydrogens (tertiary/aromatic N) is 2. The van der Waals surface area contributed by atoms with Crippen molar-refractivity contribution >= 4 is 38.6 Å². The Hall–Kier alpha value is -5.56. The van der Waals surface area contributed by atoms with Gasteiger partial charge < -0.3 is 9.47 Å². The van der Waals surface area contributed by atoms with Gasteiger partial charge in [0, 0.05) is 28.2 Å². The van der Waals surface area contributed by atoms with Gasteiger partial charge in [0.2, 0.25) is 0 Å². The van der Waals surface area contributed by atoms with Crippen LogP contribution >= 0.6 is 0 Å². The lowest BCUT2D eigenvalue weighted by Crippen LogP contribution is -2.15. The quantitative estimate of drug-likeness (QED) is 0.147. The molecule has 0 atom stereocenters. The van der Waals surface area contributed by atoms with Crippen LogP contribution in [-0.4, -0.2) is 4.57 Å². The van der Waals surface area contributed by atoms with E-state index in [2.05, 4.69) is 169 Å². The number of anilines is 1. The highest BCUT2D eigenvalue weighted by atomic mass is 15.1. The van der Waals surface area contributed by atoms with Gasteiger partial charge in [0.25, 0.3) is 0 Å². The number of hydrogen-bond donors (Lipinski definition) is 0. The van der Waals surface area contributed by atoms with Crippen molar-refractivity contribution in [1.29, 1.82) is 0 Å². The van der Waals surface area contributed by atoms with Crippen LogP contribution in [0.5, 0.6) is 0 Å². The SMILES string of the molecule is C=C1/C=C\C=C/N(C2=C=CC=C2)c2cc3c(cc21)c1cc(/C(=C\C)C/C=C\C)ccc1n3-c1cccc(-c2ccccc2)c1. The maximum absolute atomic E-state index is 4.48. The predicted octanol–water partition coefficient (Wildman–Crippen LogP) is 11.3. The van der Waals surface area contributed by atoms with Crippen LogP contribution in [0.25, 0.3) is 49.8 Å². The lowest BCUT2D eigenvalue weighted by molar-refractivity contribution is 1.17. The zero-order valence-electron chi connectivity index (χ0n) is 25.2. The lowest BCUT2D eigenvalue weighted by atomic mass is 9.97. The lowest BCUT2D eigenvalue weighted by Gasteiger charge is -2.25. The molecule has 2 heteroatoms. The zero-order chi connectivity index (χ0) is 30.0. The third-order valence-corrected chi connectivity index (χ3v) is 8.48. The van der Waals surface area contributed by atoms with Crippen LogP contribution in [0.4, 0.5) is 5.69 Å². The zero-order valence-corrected chi connectivity index (χ0v) is 25.2. The molecule has 5 aromatic rings. The molecule has 1 aliphatic carbocycles. The Morgan fingerprint density at radius 3 is 2.43 bits per heavy atom. The monoisotopic (exact) mass is 566 g/mol. The van der Waals surface area contributed by atoms with E-state index in [9.17, 15) is 0 Å². The number of benzene rings is 4. The van der Waals surface area contributed by atoms with Gasteiger partial charge in [0.1, 0.15) is 0 Å². The molecular weight excluding hydrogens is 532 g/mol. The van der Waals surface area contributed by atoms with Crippen molar-refractivity contribution in [2.24, 2.45) is 0 Å². The molecule has 0 bridgehead atoms. The van der Waals surface area contributed by atoms with Crippen molar-refractivity contribution < 1.29 is 0 Å². The fraction of sp³-hybridized carbons (Fsp3) is 0.0714. The van der Waals surface area contributed by atoms with E-state index in [1.165, 1.54) is 38.6 Å². The van der Waals surface area contributed by atoms with E-state index in [4.69, 9.17) is 0 Å². The number of rotatable bonds is 6. The Morgan fingerprint density at radius 2 is 1.64 bits per heavy atom. The Labute approximate surface area is 259 Å². The van der Waals surface area contributed by atoms with Crippen LogP contribution in [0, 0.1) is 0 Å². The van der Waals surface area contributed by atoms with E-state index in [0.717, 1.165) is 40.1 Å². The number of allylic oxidation sites excluding steroid dienone is 10. The molecule has 0 amide bonds. The number of aromatic nitrogens is 1. The highest BCUT2D eigenvalue weighted by Crippen LogP contribution is 2.42. The van der Waals surface area contributed by atoms with Crippen LogP contribution in [-0.2, 0) is 0 Å². The highest BCUT2D eigenvalue weighted by Gasteiger charge is 2.21. The van der Waals surface area contributed by atoms with E-state index in [0.29, 0.717) is 0 Å². The second kappa shape index (κ2) is 11.6. The van der Waals surface area contributed by atoms with Crippen molar-refractivity contribution in [3.05, 3.63) is 175 Å². The maximum Gasteiger partial charge on any atom is 0.0885 e. The summed E-state index contributed by atoms with van der Waals surface area (Å²) in [7, 11) is 0. The van der Waals surface area contributed by atoms with E-state index >= 15 is 0 Å². The van der Waals surface area contributed by atoms with Gasteiger partial charge in [0.05, 0.1) is 22.4 Å². The molecule has 1 aromatic heterocycles. The molecule has 0 spiro atoms. The first kappa shape index (κ1) is 27.3. The van der Waals surface area contributed by atoms with Gasteiger partial charge >= 0.3 is 0 Å². The van der Waals surface area contributed by atoms with Crippen molar-refractivity contribution in [3.63, 3.8) is 0 Å². The van der Waals surface area contributed by atoms with Gasteiger partial charge in [-0.3, -0.25) is 0 Å². The van der Waals surface area contributed by atoms with E-state index in [1.54, 1.807) is 0 Å². The van der Waals surface area contributed by atoms with Crippen LogP contribution < -0.4 is 4.90 Å². The summed E-state index contributed by atoms with van der Waals surface area (Å²) < 4.78 is 2.41. The van der Waals surface area contributed by atoms with Crippen molar-refractivity contribution in [2.45, 2.75) is 20.3 Å². The second-order valence-electron chi connectivity index (χ2n) is 11.1. The standard InChI is InChI=1S/C42H34N2/c1-4-6-16-31(5-2)34-23-24-40-38(27-34)39-28-37-30(3)15-12-13-25-43(35-20-10-11-21-35)41(37)29-42(39)44(40)36-22-14-19-33(26-36)32-17-8-7-9-18-32/h4-15,17-20,22-29H,3,16H2,1-2H3/b6-4-,15-12-,25-13-,31-5-. The molecule has 2 aliphatic rings. The van der Waals surface area contributed by atoms with Gasteiger partial charge in [-0.25, -0.2) is 0 Å². The summed E-state index contributed by atoms with van der Waals surface area (Å²) >= 11 is 0. The summed E-state index contributed by atoms with van der Waals surface area (Å²) in [6.45, 7) is 8.69. The third-order valence-electron chi connectivity index (χ3n) is 8.48. The number of hydrogen-bond acceptors (Lipinski definition) is 1. The van der Waals surface area contributed by atoms with Gasteiger partial charge in [-0.15, -0.1) is 0 Å². The summed E-state index contributed by atoms with van der Waals surface area (Å²) in [4.78, 5) is 2.21. The maximum atomic E-state index is 4.48. The Kier molecular flexibility index (Phi) is 7.20. The van der Waals surface area contributed by atoms with Crippen molar-refractivity contribution in [1.82, 2.24) is 4.57 Å². The normalized spacial score (nSPS) is 16.0. The van der Waals surface area contributed by atoms with Crippen LogP contribution in [0.2, 0.25) is 0 Å². The molecule has 44 heavy (non-hydrogen) atoms. The third kappa shape index (κ3) is 4.82. The molecule has 0 radical (unpaired) electrons. The minimum Gasteiger partial charge on any atom is -0.310 e. The summed E-state index contributed by atoms with van der Waals surface area (Å²) in [6.07, 6.45) is 21.9. The molecular formula is C42H34N2. The molecule has 212 valence electrons. The van der Waals surface area contributed by atoms with Crippen molar-refractivity contribution in [3.8, 4) is 16.8 Å². The predicted molar refractivity (Wildman–Crippen MR) is 190 cm³/mol. The first-order valence-electron chi connectivity index (χ1n) is 15.2. The molecule has 0 saturated carbocycles. The van der Waals surface area contributed by atoms with Gasteiger partial charge in [-0.1, -0.05) is 97.3 Å². The molecule has 0 N–H and O–H groups in total. The summed E-state index contributed by atoms with van der Waals surface area (Å²) in [5.74, 6) is 0. The largest absolute Gasteiger partial charge is 0.310 e. The summed E-state index contributed by atoms with van der Waals surface area (Å²) in [5.41, 5.74) is 16.0. The Morgan fingerprint density at radius 1 is 0.795 bits per heavy atom. The molecule has 1 aliphatic heterocycles. The Balaban J connectivity index is 1.54. The van der Waals surface area contributed by atoms with Crippen LogP contribution in [0.1, 0.15) is 31.4 Å². The average molecular weight is 567 g/mol. The van der Waals surface area contributed by atoms with E-state index in [-0.39, 0.29) is 0 Å². The molecule has 7 rings (SSSR count). The van der Waals surface area contributed by atoms with Crippen LogP contribution in [0.15, 0.2) is 164 Å². The molecule has 0 fully saturated rings. The minimum atomic E-state index is 0.907. The molecule has 2 nitrogen and oxygen atoms in total. The smallest absolute Gasteiger partial charge is 0.0885 e. The fourth-order valence-corrected chi connectivity index (χ4v) is 6.25. The van der Waals surface area contributed by atoms with Gasteiger partial charge in [-0.2, -0.15) is 0 Å². The average Bonchev–Trinajstić information content (AvgIpc) is 3.70. The van der Waals surface area contributed by atoms with Crippen LogP contribution in [0.3, 0.4) is 0 Å². The van der Waals surface area contributed by atoms with Gasteiger partial charge in [-0.05, 0) is 103 Å². The number of fused-ring (bicyclic) bond motifs is 4. The minimum absolute atomic E-state index is 0.907.